The summed E-state index contributed by atoms with van der Waals surface area (Å²) >= 11 is 1.62. The Morgan fingerprint density at radius 2 is 1.90 bits per heavy atom. The molecule has 1 aliphatic rings. The van der Waals surface area contributed by atoms with Crippen molar-refractivity contribution in [2.24, 2.45) is 5.92 Å². The second-order valence-corrected chi connectivity index (χ2v) is 9.24. The molecule has 1 unspecified atom stereocenters. The number of carbonyl (C=O) groups excluding carboxylic acids is 1. The highest BCUT2D eigenvalue weighted by Gasteiger charge is 2.28. The standard InChI is InChI=1S/C25H28N4OS/c1-17-6-4-8-22(14-17)31-25-23(26-11-12-27-25)29-13-5-7-20(16-29)24(30)28-21-10-9-18(2)19(3)15-21/h4,6,8-12,14-15,20H,5,7,13,16H2,1-3H3,(H,28,30). The van der Waals surface area contributed by atoms with Gasteiger partial charge in [-0.15, -0.1) is 0 Å². The number of hydrogen-bond acceptors (Lipinski definition) is 5. The number of anilines is 2. The van der Waals surface area contributed by atoms with Gasteiger partial charge in [-0.1, -0.05) is 35.5 Å². The molecule has 6 heteroatoms. The molecule has 0 aliphatic carbocycles. The van der Waals surface area contributed by atoms with Gasteiger partial charge in [-0.05, 0) is 69.0 Å². The predicted octanol–water partition coefficient (Wildman–Crippen LogP) is 5.41. The summed E-state index contributed by atoms with van der Waals surface area (Å²) in [4.78, 5) is 25.5. The van der Waals surface area contributed by atoms with Gasteiger partial charge in [0.05, 0.1) is 5.92 Å². The number of aromatic nitrogens is 2. The molecule has 2 heterocycles. The summed E-state index contributed by atoms with van der Waals surface area (Å²) in [5.74, 6) is 0.858. The van der Waals surface area contributed by atoms with Crippen molar-refractivity contribution in [1.82, 2.24) is 9.97 Å². The average Bonchev–Trinajstić information content (AvgIpc) is 2.77. The van der Waals surface area contributed by atoms with Crippen LogP contribution >= 0.6 is 11.8 Å². The third kappa shape index (κ3) is 5.25. The molecule has 0 bridgehead atoms. The van der Waals surface area contributed by atoms with Crippen LogP contribution in [0.3, 0.4) is 0 Å². The van der Waals surface area contributed by atoms with E-state index in [4.69, 9.17) is 0 Å². The summed E-state index contributed by atoms with van der Waals surface area (Å²) in [5.41, 5.74) is 4.49. The maximum absolute atomic E-state index is 13.0. The summed E-state index contributed by atoms with van der Waals surface area (Å²) in [6, 6.07) is 14.4. The van der Waals surface area contributed by atoms with Crippen molar-refractivity contribution >= 4 is 29.2 Å². The Balaban J connectivity index is 1.48. The van der Waals surface area contributed by atoms with E-state index < -0.39 is 0 Å². The molecule has 1 aliphatic heterocycles. The fourth-order valence-electron chi connectivity index (χ4n) is 3.84. The highest BCUT2D eigenvalue weighted by molar-refractivity contribution is 7.99. The van der Waals surface area contributed by atoms with Crippen LogP contribution in [0.5, 0.6) is 0 Å². The Morgan fingerprint density at radius 1 is 1.06 bits per heavy atom. The predicted molar refractivity (Wildman–Crippen MR) is 127 cm³/mol. The number of rotatable bonds is 5. The van der Waals surface area contributed by atoms with E-state index in [1.165, 1.54) is 16.7 Å². The molecule has 1 fully saturated rings. The quantitative estimate of drug-likeness (QED) is 0.584. The van der Waals surface area contributed by atoms with Gasteiger partial charge in [0.15, 0.2) is 5.82 Å². The lowest BCUT2D eigenvalue weighted by Crippen LogP contribution is -2.41. The molecule has 2 aromatic carbocycles. The van der Waals surface area contributed by atoms with Gasteiger partial charge < -0.3 is 10.2 Å². The van der Waals surface area contributed by atoms with E-state index >= 15 is 0 Å². The zero-order valence-electron chi connectivity index (χ0n) is 18.3. The molecule has 160 valence electrons. The van der Waals surface area contributed by atoms with Crippen molar-refractivity contribution in [2.45, 2.75) is 43.5 Å². The number of amides is 1. The van der Waals surface area contributed by atoms with Crippen LogP contribution in [0.1, 0.15) is 29.5 Å². The first-order valence-electron chi connectivity index (χ1n) is 10.7. The molecule has 3 aromatic rings. The number of piperidine rings is 1. The maximum Gasteiger partial charge on any atom is 0.229 e. The monoisotopic (exact) mass is 432 g/mol. The van der Waals surface area contributed by atoms with Gasteiger partial charge in [-0.25, -0.2) is 9.97 Å². The van der Waals surface area contributed by atoms with Crippen LogP contribution in [0.25, 0.3) is 0 Å². The number of benzene rings is 2. The maximum atomic E-state index is 13.0. The van der Waals surface area contributed by atoms with Crippen LogP contribution in [-0.2, 0) is 4.79 Å². The molecule has 1 aromatic heterocycles. The van der Waals surface area contributed by atoms with Crippen LogP contribution in [0, 0.1) is 26.7 Å². The summed E-state index contributed by atoms with van der Waals surface area (Å²) in [5, 5.41) is 3.98. The average molecular weight is 433 g/mol. The van der Waals surface area contributed by atoms with Crippen LogP contribution < -0.4 is 10.2 Å². The van der Waals surface area contributed by atoms with Gasteiger partial charge >= 0.3 is 0 Å². The van der Waals surface area contributed by atoms with Crippen molar-refractivity contribution in [1.29, 1.82) is 0 Å². The van der Waals surface area contributed by atoms with E-state index in [1.54, 1.807) is 24.2 Å². The Bertz CT molecular complexity index is 1080. The molecule has 4 rings (SSSR count). The first kappa shape index (κ1) is 21.4. The van der Waals surface area contributed by atoms with E-state index in [9.17, 15) is 4.79 Å². The van der Waals surface area contributed by atoms with E-state index in [0.29, 0.717) is 6.54 Å². The largest absolute Gasteiger partial charge is 0.354 e. The Kier molecular flexibility index (Phi) is 6.56. The van der Waals surface area contributed by atoms with E-state index in [-0.39, 0.29) is 11.8 Å². The molecule has 1 saturated heterocycles. The molecule has 1 atom stereocenters. The SMILES string of the molecule is Cc1cccc(Sc2nccnc2N2CCCC(C(=O)Nc3ccc(C)c(C)c3)C2)c1. The van der Waals surface area contributed by atoms with Crippen LogP contribution in [0.2, 0.25) is 0 Å². The van der Waals surface area contributed by atoms with Gasteiger partial charge in [-0.3, -0.25) is 4.79 Å². The molecule has 0 saturated carbocycles. The Labute approximate surface area is 188 Å². The first-order chi connectivity index (χ1) is 15.0. The fourth-order valence-corrected chi connectivity index (χ4v) is 4.85. The summed E-state index contributed by atoms with van der Waals surface area (Å²) < 4.78 is 0. The topological polar surface area (TPSA) is 58.1 Å². The minimum absolute atomic E-state index is 0.0738. The second-order valence-electron chi connectivity index (χ2n) is 8.18. The zero-order valence-corrected chi connectivity index (χ0v) is 19.1. The highest BCUT2D eigenvalue weighted by Crippen LogP contribution is 2.34. The summed E-state index contributed by atoms with van der Waals surface area (Å²) in [6.07, 6.45) is 5.30. The third-order valence-electron chi connectivity index (χ3n) is 5.72. The van der Waals surface area contributed by atoms with E-state index in [0.717, 1.165) is 40.8 Å². The van der Waals surface area contributed by atoms with Gasteiger partial charge in [0, 0.05) is 36.1 Å². The van der Waals surface area contributed by atoms with E-state index in [2.05, 4.69) is 65.2 Å². The first-order valence-corrected chi connectivity index (χ1v) is 11.5. The third-order valence-corrected chi connectivity index (χ3v) is 6.69. The molecular formula is C25H28N4OS. The minimum Gasteiger partial charge on any atom is -0.354 e. The van der Waals surface area contributed by atoms with Crippen molar-refractivity contribution in [3.8, 4) is 0 Å². The Hall–Kier alpha value is -2.86. The van der Waals surface area contributed by atoms with Gasteiger partial charge in [0.25, 0.3) is 0 Å². The molecule has 1 amide bonds. The molecule has 1 N–H and O–H groups in total. The van der Waals surface area contributed by atoms with Crippen molar-refractivity contribution in [3.63, 3.8) is 0 Å². The van der Waals surface area contributed by atoms with E-state index in [1.807, 2.05) is 18.2 Å². The van der Waals surface area contributed by atoms with Gasteiger partial charge in [0.2, 0.25) is 5.91 Å². The van der Waals surface area contributed by atoms with Crippen molar-refractivity contribution in [3.05, 3.63) is 71.5 Å². The lowest BCUT2D eigenvalue weighted by atomic mass is 9.97. The van der Waals surface area contributed by atoms with Crippen LogP contribution in [0.15, 0.2) is 64.8 Å². The van der Waals surface area contributed by atoms with Crippen LogP contribution in [0.4, 0.5) is 11.5 Å². The fraction of sp³-hybridized carbons (Fsp3) is 0.320. The number of carbonyl (C=O) groups is 1. The summed E-state index contributed by atoms with van der Waals surface area (Å²) in [7, 11) is 0. The van der Waals surface area contributed by atoms with Crippen molar-refractivity contribution in [2.75, 3.05) is 23.3 Å². The lowest BCUT2D eigenvalue weighted by Gasteiger charge is -2.33. The number of nitrogens with one attached hydrogen (secondary N) is 1. The van der Waals surface area contributed by atoms with Gasteiger partial charge in [-0.2, -0.15) is 0 Å². The highest BCUT2D eigenvalue weighted by atomic mass is 32.2. The molecule has 5 nitrogen and oxygen atoms in total. The molecule has 0 spiro atoms. The minimum atomic E-state index is -0.0748. The second kappa shape index (κ2) is 9.52. The molecule has 0 radical (unpaired) electrons. The lowest BCUT2D eigenvalue weighted by molar-refractivity contribution is -0.120. The zero-order chi connectivity index (χ0) is 21.8. The van der Waals surface area contributed by atoms with Crippen molar-refractivity contribution < 1.29 is 4.79 Å². The molecule has 31 heavy (non-hydrogen) atoms. The molecular weight excluding hydrogens is 404 g/mol. The Morgan fingerprint density at radius 3 is 2.71 bits per heavy atom. The number of nitrogens with zero attached hydrogens (tertiary/aromatic N) is 3. The van der Waals surface area contributed by atoms with Crippen LogP contribution in [-0.4, -0.2) is 29.0 Å². The van der Waals surface area contributed by atoms with Gasteiger partial charge in [0.1, 0.15) is 5.03 Å². The number of aryl methyl sites for hydroxylation is 3. The normalized spacial score (nSPS) is 16.2. The summed E-state index contributed by atoms with van der Waals surface area (Å²) in [6.45, 7) is 7.76. The number of hydrogen-bond donors (Lipinski definition) is 1. The smallest absolute Gasteiger partial charge is 0.229 e.